The van der Waals surface area contributed by atoms with Crippen LogP contribution in [0.1, 0.15) is 17.0 Å². The van der Waals surface area contributed by atoms with Crippen LogP contribution in [-0.4, -0.2) is 5.91 Å². The Morgan fingerprint density at radius 3 is 2.04 bits per heavy atom. The van der Waals surface area contributed by atoms with Crippen LogP contribution < -0.4 is 4.90 Å². The van der Waals surface area contributed by atoms with Crippen LogP contribution in [0.2, 0.25) is 5.02 Å². The minimum atomic E-state index is -0.239. The maximum Gasteiger partial charge on any atom is 0.244 e. The average Bonchev–Trinajstić information content (AvgIpc) is 2.65. The number of amides is 1. The number of anilines is 1. The normalized spacial score (nSPS) is 18.3. The highest BCUT2D eigenvalue weighted by Crippen LogP contribution is 2.43. The molecule has 4 rings (SSSR count). The Balaban J connectivity index is 1.78. The number of β-lactam (4-membered cyclic amide) rings is 1. The van der Waals surface area contributed by atoms with Crippen molar-refractivity contribution < 1.29 is 4.79 Å². The molecule has 0 N–H and O–H groups in total. The van der Waals surface area contributed by atoms with E-state index in [1.54, 1.807) is 17.0 Å². The van der Waals surface area contributed by atoms with Crippen molar-refractivity contribution in [1.82, 2.24) is 0 Å². The summed E-state index contributed by atoms with van der Waals surface area (Å²) in [5.74, 6) is -0.159. The Kier molecular flexibility index (Phi) is 4.12. The van der Waals surface area contributed by atoms with Gasteiger partial charge in [-0.05, 0) is 41.5 Å². The van der Waals surface area contributed by atoms with E-state index in [1.807, 2.05) is 72.8 Å². The van der Waals surface area contributed by atoms with Crippen LogP contribution in [0.3, 0.4) is 0 Å². The Morgan fingerprint density at radius 1 is 0.800 bits per heavy atom. The van der Waals surface area contributed by atoms with Gasteiger partial charge in [-0.1, -0.05) is 72.3 Å². The first-order valence-corrected chi connectivity index (χ1v) is 8.53. The first-order chi connectivity index (χ1) is 12.2. The zero-order valence-electron chi connectivity index (χ0n) is 13.5. The maximum absolute atomic E-state index is 12.9. The van der Waals surface area contributed by atoms with Gasteiger partial charge in [-0.3, -0.25) is 9.69 Å². The minimum Gasteiger partial charge on any atom is -0.283 e. The predicted molar refractivity (Wildman–Crippen MR) is 103 cm³/mol. The van der Waals surface area contributed by atoms with Crippen LogP contribution in [0.5, 0.6) is 0 Å². The monoisotopic (exact) mass is 345 g/mol. The van der Waals surface area contributed by atoms with Gasteiger partial charge < -0.3 is 0 Å². The third-order valence-electron chi connectivity index (χ3n) is 4.35. The first-order valence-electron chi connectivity index (χ1n) is 8.15. The van der Waals surface area contributed by atoms with E-state index in [0.717, 1.165) is 22.5 Å². The van der Waals surface area contributed by atoms with Crippen molar-refractivity contribution in [3.8, 4) is 0 Å². The summed E-state index contributed by atoms with van der Waals surface area (Å²) in [6.07, 6.45) is 2.08. The summed E-state index contributed by atoms with van der Waals surface area (Å²) in [7, 11) is 0. The molecule has 2 nitrogen and oxygen atoms in total. The molecule has 1 aliphatic heterocycles. The molecule has 0 aromatic heterocycles. The number of hydrogen-bond donors (Lipinski definition) is 0. The Morgan fingerprint density at radius 2 is 1.40 bits per heavy atom. The lowest BCUT2D eigenvalue weighted by molar-refractivity contribution is -0.122. The second kappa shape index (κ2) is 6.58. The molecule has 3 heteroatoms. The summed E-state index contributed by atoms with van der Waals surface area (Å²) >= 11 is 5.99. The molecule has 25 heavy (non-hydrogen) atoms. The summed E-state index contributed by atoms with van der Waals surface area (Å²) in [5, 5.41) is 0.657. The Labute approximate surface area is 152 Å². The van der Waals surface area contributed by atoms with E-state index in [1.165, 1.54) is 0 Å². The number of carbonyl (C=O) groups excluding carboxylic acids is 1. The van der Waals surface area contributed by atoms with Gasteiger partial charge in [0, 0.05) is 16.4 Å². The van der Waals surface area contributed by atoms with E-state index in [2.05, 4.69) is 6.08 Å². The highest BCUT2D eigenvalue weighted by molar-refractivity contribution is 6.30. The second-order valence-corrected chi connectivity index (χ2v) is 6.41. The molecular formula is C22H16ClNO. The van der Waals surface area contributed by atoms with Crippen molar-refractivity contribution in [3.05, 3.63) is 107 Å². The Bertz CT molecular complexity index is 917. The van der Waals surface area contributed by atoms with Gasteiger partial charge in [0.15, 0.2) is 0 Å². The lowest BCUT2D eigenvalue weighted by Crippen LogP contribution is -2.48. The van der Waals surface area contributed by atoms with Gasteiger partial charge in [0.25, 0.3) is 0 Å². The zero-order chi connectivity index (χ0) is 17.2. The van der Waals surface area contributed by atoms with Crippen LogP contribution in [0.15, 0.2) is 90.6 Å². The Hall–Kier alpha value is -2.84. The predicted octanol–water partition coefficient (Wildman–Crippen LogP) is 5.51. The van der Waals surface area contributed by atoms with Crippen LogP contribution in [0, 0.1) is 0 Å². The molecule has 1 unspecified atom stereocenters. The van der Waals surface area contributed by atoms with Crippen LogP contribution >= 0.6 is 11.6 Å². The summed E-state index contributed by atoms with van der Waals surface area (Å²) < 4.78 is 0. The molecule has 1 saturated heterocycles. The van der Waals surface area contributed by atoms with E-state index in [0.29, 0.717) is 5.02 Å². The highest BCUT2D eigenvalue weighted by atomic mass is 35.5. The van der Waals surface area contributed by atoms with E-state index in [9.17, 15) is 4.79 Å². The van der Waals surface area contributed by atoms with E-state index >= 15 is 0 Å². The topological polar surface area (TPSA) is 20.3 Å². The summed E-state index contributed by atoms with van der Waals surface area (Å²) in [6.45, 7) is 0. The third kappa shape index (κ3) is 2.97. The molecule has 122 valence electrons. The summed E-state index contributed by atoms with van der Waals surface area (Å²) in [4.78, 5) is 14.7. The van der Waals surface area contributed by atoms with E-state index < -0.39 is 0 Å². The third-order valence-corrected chi connectivity index (χ3v) is 4.61. The fourth-order valence-corrected chi connectivity index (χ4v) is 3.27. The zero-order valence-corrected chi connectivity index (χ0v) is 14.2. The molecule has 3 aromatic carbocycles. The van der Waals surface area contributed by atoms with Gasteiger partial charge in [-0.15, -0.1) is 0 Å². The fraction of sp³-hybridized carbons (Fsp3) is 0.0455. The largest absolute Gasteiger partial charge is 0.283 e. The van der Waals surface area contributed by atoms with Gasteiger partial charge in [-0.2, -0.15) is 0 Å². The highest BCUT2D eigenvalue weighted by Gasteiger charge is 2.44. The summed E-state index contributed by atoms with van der Waals surface area (Å²) in [6, 6.07) is 27.3. The molecule has 1 heterocycles. The lowest BCUT2D eigenvalue weighted by Gasteiger charge is -2.42. The van der Waals surface area contributed by atoms with Crippen LogP contribution in [0.4, 0.5) is 5.69 Å². The number of carbonyl (C=O) groups is 1. The molecule has 0 saturated carbocycles. The van der Waals surface area contributed by atoms with Gasteiger partial charge >= 0.3 is 0 Å². The van der Waals surface area contributed by atoms with Crippen LogP contribution in [0.25, 0.3) is 6.08 Å². The van der Waals surface area contributed by atoms with Crippen LogP contribution in [-0.2, 0) is 4.79 Å². The minimum absolute atomic E-state index is 0.0794. The molecule has 1 atom stereocenters. The van der Waals surface area contributed by atoms with Gasteiger partial charge in [0.1, 0.15) is 5.92 Å². The average molecular weight is 346 g/mol. The quantitative estimate of drug-likeness (QED) is 0.573. The van der Waals surface area contributed by atoms with E-state index in [4.69, 9.17) is 11.6 Å². The maximum atomic E-state index is 12.9. The molecular weight excluding hydrogens is 330 g/mol. The molecule has 0 aliphatic carbocycles. The SMILES string of the molecule is O=C1C(c2ccccc2)/C(=C\c2ccccc2)N1c1ccc(Cl)cc1. The van der Waals surface area contributed by atoms with Crippen molar-refractivity contribution in [3.63, 3.8) is 0 Å². The number of rotatable bonds is 3. The van der Waals surface area contributed by atoms with E-state index in [-0.39, 0.29) is 11.8 Å². The summed E-state index contributed by atoms with van der Waals surface area (Å²) in [5.41, 5.74) is 3.90. The first kappa shape index (κ1) is 15.7. The molecule has 0 bridgehead atoms. The molecule has 3 aromatic rings. The molecule has 0 spiro atoms. The smallest absolute Gasteiger partial charge is 0.244 e. The number of hydrogen-bond acceptors (Lipinski definition) is 1. The van der Waals surface area contributed by atoms with Crippen molar-refractivity contribution in [1.29, 1.82) is 0 Å². The number of halogens is 1. The van der Waals surface area contributed by atoms with Crippen molar-refractivity contribution >= 4 is 29.3 Å². The van der Waals surface area contributed by atoms with Crippen molar-refractivity contribution in [2.75, 3.05) is 4.90 Å². The molecule has 1 fully saturated rings. The number of nitrogens with zero attached hydrogens (tertiary/aromatic N) is 1. The van der Waals surface area contributed by atoms with Crippen molar-refractivity contribution in [2.45, 2.75) is 5.92 Å². The van der Waals surface area contributed by atoms with Crippen molar-refractivity contribution in [2.24, 2.45) is 0 Å². The fourth-order valence-electron chi connectivity index (χ4n) is 3.14. The molecule has 1 aliphatic rings. The standard InChI is InChI=1S/C22H16ClNO/c23-18-11-13-19(14-12-18)24-20(15-16-7-3-1-4-8-16)21(22(24)25)17-9-5-2-6-10-17/h1-15,21H/b20-15+. The van der Waals surface area contributed by atoms with Gasteiger partial charge in [0.2, 0.25) is 5.91 Å². The second-order valence-electron chi connectivity index (χ2n) is 5.97. The molecule has 0 radical (unpaired) electrons. The number of benzene rings is 3. The van der Waals surface area contributed by atoms with Gasteiger partial charge in [0.05, 0.1) is 0 Å². The van der Waals surface area contributed by atoms with Gasteiger partial charge in [-0.25, -0.2) is 0 Å². The lowest BCUT2D eigenvalue weighted by atomic mass is 9.84. The molecule has 1 amide bonds.